The highest BCUT2D eigenvalue weighted by molar-refractivity contribution is 6.24. The van der Waals surface area contributed by atoms with Gasteiger partial charge < -0.3 is 4.74 Å². The molecule has 1 N–H and O–H groups in total. The lowest BCUT2D eigenvalue weighted by Crippen LogP contribution is -2.50. The van der Waals surface area contributed by atoms with Crippen LogP contribution in [0.4, 0.5) is 11.4 Å². The Morgan fingerprint density at radius 2 is 1.76 bits per heavy atom. The molecule has 3 aliphatic heterocycles. The standard InChI is InChI=1S/C31H27N5O6/c1-16(2)14-21-25-26(29(39)34(28(25)38)23-13-12-17(36(40)41)15-24(23)42-3)31(33-21)19-9-5-7-11-22(19)35-27(37)18-8-4-6-10-20(18)32-30(31)35/h4-13,15-16,21,25-26,33H,14H2,1-3H3/t21?,25-,26+,31?/m0/s1. The van der Waals surface area contributed by atoms with Crippen molar-refractivity contribution in [1.29, 1.82) is 0 Å². The van der Waals surface area contributed by atoms with Crippen molar-refractivity contribution in [1.82, 2.24) is 14.9 Å². The van der Waals surface area contributed by atoms with E-state index in [2.05, 4.69) is 5.32 Å². The second-order valence-electron chi connectivity index (χ2n) is 11.4. The van der Waals surface area contributed by atoms with Crippen LogP contribution >= 0.6 is 0 Å². The van der Waals surface area contributed by atoms with E-state index in [0.717, 1.165) is 4.90 Å². The summed E-state index contributed by atoms with van der Waals surface area (Å²) in [6.07, 6.45) is 0.590. The molecule has 0 radical (unpaired) electrons. The first-order valence-corrected chi connectivity index (χ1v) is 13.8. The molecule has 1 spiro atoms. The summed E-state index contributed by atoms with van der Waals surface area (Å²) in [6, 6.07) is 17.9. The predicted molar refractivity (Wildman–Crippen MR) is 154 cm³/mol. The third-order valence-corrected chi connectivity index (χ3v) is 8.70. The number of hydrogen-bond donors (Lipinski definition) is 1. The molecule has 3 aliphatic rings. The minimum Gasteiger partial charge on any atom is -0.494 e. The van der Waals surface area contributed by atoms with Crippen LogP contribution in [0, 0.1) is 27.9 Å². The Labute approximate surface area is 239 Å². The zero-order valence-electron chi connectivity index (χ0n) is 23.1. The third-order valence-electron chi connectivity index (χ3n) is 8.70. The Balaban J connectivity index is 1.49. The number of carbonyl (C=O) groups excluding carboxylic acids is 2. The first kappa shape index (κ1) is 26.0. The number of nitrogens with one attached hydrogen (secondary N) is 1. The maximum Gasteiger partial charge on any atom is 0.273 e. The van der Waals surface area contributed by atoms with Crippen LogP contribution in [-0.4, -0.2) is 39.4 Å². The number of para-hydroxylation sites is 2. The molecule has 11 heteroatoms. The monoisotopic (exact) mass is 565 g/mol. The predicted octanol–water partition coefficient (Wildman–Crippen LogP) is 3.68. The van der Waals surface area contributed by atoms with E-state index in [1.807, 2.05) is 38.1 Å². The lowest BCUT2D eigenvalue weighted by atomic mass is 9.75. The third kappa shape index (κ3) is 3.31. The van der Waals surface area contributed by atoms with Gasteiger partial charge in [-0.15, -0.1) is 0 Å². The Morgan fingerprint density at radius 3 is 2.50 bits per heavy atom. The average Bonchev–Trinajstić information content (AvgIpc) is 3.55. The van der Waals surface area contributed by atoms with Crippen molar-refractivity contribution < 1.29 is 19.2 Å². The molecule has 4 heterocycles. The molecule has 0 saturated carbocycles. The number of nitro benzene ring substituents is 1. The maximum atomic E-state index is 14.6. The van der Waals surface area contributed by atoms with Gasteiger partial charge in [0.2, 0.25) is 11.8 Å². The van der Waals surface area contributed by atoms with Crippen molar-refractivity contribution in [3.05, 3.63) is 98.6 Å². The SMILES string of the molecule is COc1cc([N+](=O)[O-])ccc1N1C(=O)[C@H]2C(CC(C)C)NC3(c4ccccc4-n4c3nc3ccccc3c4=O)[C@H]2C1=O. The number of ether oxygens (including phenoxy) is 1. The Morgan fingerprint density at radius 1 is 1.02 bits per heavy atom. The molecule has 11 nitrogen and oxygen atoms in total. The summed E-state index contributed by atoms with van der Waals surface area (Å²) in [4.78, 5) is 59.8. The molecule has 1 aromatic heterocycles. The highest BCUT2D eigenvalue weighted by Gasteiger charge is 2.70. The van der Waals surface area contributed by atoms with E-state index in [9.17, 15) is 24.5 Å². The summed E-state index contributed by atoms with van der Waals surface area (Å²) < 4.78 is 6.99. The number of amides is 2. The van der Waals surface area contributed by atoms with Gasteiger partial charge >= 0.3 is 0 Å². The van der Waals surface area contributed by atoms with Gasteiger partial charge in [-0.25, -0.2) is 9.88 Å². The molecular formula is C31H27N5O6. The van der Waals surface area contributed by atoms with Crippen molar-refractivity contribution in [2.75, 3.05) is 12.0 Å². The van der Waals surface area contributed by atoms with Gasteiger partial charge in [-0.1, -0.05) is 44.2 Å². The highest BCUT2D eigenvalue weighted by atomic mass is 16.6. The molecule has 2 unspecified atom stereocenters. The number of rotatable bonds is 5. The fraction of sp³-hybridized carbons (Fsp3) is 0.290. The number of anilines is 1. The van der Waals surface area contributed by atoms with Gasteiger partial charge in [0, 0.05) is 17.7 Å². The van der Waals surface area contributed by atoms with E-state index in [1.54, 1.807) is 28.8 Å². The van der Waals surface area contributed by atoms with Gasteiger partial charge in [0.05, 0.1) is 52.2 Å². The molecule has 2 saturated heterocycles. The van der Waals surface area contributed by atoms with Crippen LogP contribution in [0.3, 0.4) is 0 Å². The summed E-state index contributed by atoms with van der Waals surface area (Å²) in [6.45, 7) is 4.10. The number of fused-ring (bicyclic) bond motifs is 8. The number of hydrogen-bond acceptors (Lipinski definition) is 8. The Hall–Kier alpha value is -4.90. The van der Waals surface area contributed by atoms with Crippen LogP contribution in [0.15, 0.2) is 71.5 Å². The van der Waals surface area contributed by atoms with E-state index >= 15 is 0 Å². The summed E-state index contributed by atoms with van der Waals surface area (Å²) in [7, 11) is 1.34. The van der Waals surface area contributed by atoms with Gasteiger partial charge in [-0.05, 0) is 36.6 Å². The van der Waals surface area contributed by atoms with Crippen LogP contribution in [0.25, 0.3) is 16.6 Å². The van der Waals surface area contributed by atoms with Crippen molar-refractivity contribution in [3.63, 3.8) is 0 Å². The Bertz CT molecular complexity index is 1900. The van der Waals surface area contributed by atoms with Gasteiger partial charge in [0.1, 0.15) is 17.1 Å². The molecule has 3 aromatic carbocycles. The van der Waals surface area contributed by atoms with Crippen LogP contribution in [0.1, 0.15) is 31.7 Å². The van der Waals surface area contributed by atoms with Crippen molar-refractivity contribution >= 4 is 34.1 Å². The number of non-ortho nitro benzene ring substituents is 1. The molecule has 4 aromatic rings. The topological polar surface area (TPSA) is 137 Å². The quantitative estimate of drug-likeness (QED) is 0.220. The number of imide groups is 1. The van der Waals surface area contributed by atoms with Gasteiger partial charge in [0.25, 0.3) is 11.2 Å². The molecule has 0 aliphatic carbocycles. The summed E-state index contributed by atoms with van der Waals surface area (Å²) in [5.74, 6) is -2.02. The molecule has 2 fully saturated rings. The largest absolute Gasteiger partial charge is 0.494 e. The van der Waals surface area contributed by atoms with E-state index in [-0.39, 0.29) is 28.6 Å². The van der Waals surface area contributed by atoms with Gasteiger partial charge in [-0.2, -0.15) is 0 Å². The lowest BCUT2D eigenvalue weighted by Gasteiger charge is -2.32. The highest BCUT2D eigenvalue weighted by Crippen LogP contribution is 2.56. The normalized spacial score (nSPS) is 24.0. The molecule has 212 valence electrons. The molecule has 0 bridgehead atoms. The van der Waals surface area contributed by atoms with Gasteiger partial charge in [-0.3, -0.25) is 34.4 Å². The van der Waals surface area contributed by atoms with Crippen LogP contribution < -0.4 is 20.5 Å². The number of methoxy groups -OCH3 is 1. The average molecular weight is 566 g/mol. The molecule has 42 heavy (non-hydrogen) atoms. The summed E-state index contributed by atoms with van der Waals surface area (Å²) in [5.41, 5.74) is 0.206. The van der Waals surface area contributed by atoms with Crippen molar-refractivity contribution in [2.45, 2.75) is 31.8 Å². The zero-order chi connectivity index (χ0) is 29.5. The van der Waals surface area contributed by atoms with Crippen LogP contribution in [0.2, 0.25) is 0 Å². The maximum absolute atomic E-state index is 14.6. The molecule has 4 atom stereocenters. The van der Waals surface area contributed by atoms with E-state index in [4.69, 9.17) is 9.72 Å². The first-order chi connectivity index (χ1) is 20.2. The minimum atomic E-state index is -1.26. The molecule has 7 rings (SSSR count). The van der Waals surface area contributed by atoms with Crippen molar-refractivity contribution in [2.24, 2.45) is 17.8 Å². The number of carbonyl (C=O) groups is 2. The smallest absolute Gasteiger partial charge is 0.273 e. The van der Waals surface area contributed by atoms with E-state index in [1.165, 1.54) is 25.3 Å². The number of nitrogens with zero attached hydrogens (tertiary/aromatic N) is 4. The fourth-order valence-electron chi connectivity index (χ4n) is 7.13. The number of aromatic nitrogens is 2. The number of nitro groups is 1. The summed E-state index contributed by atoms with van der Waals surface area (Å²) in [5, 5.41) is 15.5. The van der Waals surface area contributed by atoms with Crippen LogP contribution in [0.5, 0.6) is 5.75 Å². The van der Waals surface area contributed by atoms with Gasteiger partial charge in [0.15, 0.2) is 0 Å². The minimum absolute atomic E-state index is 0.0425. The first-order valence-electron chi connectivity index (χ1n) is 13.8. The fourth-order valence-corrected chi connectivity index (χ4v) is 7.13. The lowest BCUT2D eigenvalue weighted by molar-refractivity contribution is -0.384. The molecular weight excluding hydrogens is 538 g/mol. The zero-order valence-corrected chi connectivity index (χ0v) is 23.1. The second kappa shape index (κ2) is 9.05. The Kier molecular flexibility index (Phi) is 5.61. The van der Waals surface area contributed by atoms with E-state index < -0.39 is 40.2 Å². The summed E-state index contributed by atoms with van der Waals surface area (Å²) >= 11 is 0. The van der Waals surface area contributed by atoms with Crippen molar-refractivity contribution in [3.8, 4) is 11.4 Å². The van der Waals surface area contributed by atoms with E-state index in [0.29, 0.717) is 34.4 Å². The number of benzene rings is 3. The van der Waals surface area contributed by atoms with Crippen LogP contribution in [-0.2, 0) is 15.1 Å². The molecule has 2 amide bonds. The second-order valence-corrected chi connectivity index (χ2v) is 11.4.